The lowest BCUT2D eigenvalue weighted by molar-refractivity contribution is 0.586. The Morgan fingerprint density at radius 3 is 2.69 bits per heavy atom. The average molecular weight is 389 g/mol. The molecule has 4 nitrogen and oxygen atoms in total. The number of halogens is 2. The van der Waals surface area contributed by atoms with Crippen LogP contribution >= 0.6 is 23.8 Å². The lowest BCUT2D eigenvalue weighted by atomic mass is 10.1. The predicted octanol–water partition coefficient (Wildman–Crippen LogP) is 5.15. The molecule has 0 unspecified atom stereocenters. The van der Waals surface area contributed by atoms with E-state index in [0.717, 1.165) is 11.3 Å². The molecule has 2 aromatic carbocycles. The Kier molecular flexibility index (Phi) is 5.54. The fourth-order valence-electron chi connectivity index (χ4n) is 2.58. The summed E-state index contributed by atoms with van der Waals surface area (Å²) in [6.45, 7) is 4.33. The van der Waals surface area contributed by atoms with E-state index in [1.54, 1.807) is 29.1 Å². The van der Waals surface area contributed by atoms with Crippen LogP contribution in [0.3, 0.4) is 0 Å². The van der Waals surface area contributed by atoms with Gasteiger partial charge in [0.05, 0.1) is 6.54 Å². The zero-order valence-electron chi connectivity index (χ0n) is 14.4. The molecule has 0 aliphatic rings. The third kappa shape index (κ3) is 4.39. The first-order chi connectivity index (χ1) is 12.4. The van der Waals surface area contributed by atoms with Crippen molar-refractivity contribution in [2.24, 2.45) is 0 Å². The first-order valence-corrected chi connectivity index (χ1v) is 8.82. The van der Waals surface area contributed by atoms with Crippen molar-refractivity contribution in [3.8, 4) is 0 Å². The van der Waals surface area contributed by atoms with Crippen LogP contribution in [0.5, 0.6) is 0 Å². The molecule has 26 heavy (non-hydrogen) atoms. The fourth-order valence-corrected chi connectivity index (χ4v) is 2.98. The summed E-state index contributed by atoms with van der Waals surface area (Å²) in [5.74, 6) is 0.144. The summed E-state index contributed by atoms with van der Waals surface area (Å²) in [4.78, 5) is 0. The number of nitrogens with one attached hydrogen (secondary N) is 2. The minimum absolute atomic E-state index is 0.277. The summed E-state index contributed by atoms with van der Waals surface area (Å²) in [7, 11) is 0. The van der Waals surface area contributed by atoms with Crippen molar-refractivity contribution in [1.82, 2.24) is 9.78 Å². The van der Waals surface area contributed by atoms with Crippen molar-refractivity contribution >= 4 is 40.4 Å². The van der Waals surface area contributed by atoms with Gasteiger partial charge in [0.15, 0.2) is 10.9 Å². The molecule has 0 bridgehead atoms. The molecule has 0 aliphatic heterocycles. The van der Waals surface area contributed by atoms with Crippen LogP contribution in [-0.2, 0) is 6.54 Å². The van der Waals surface area contributed by atoms with Gasteiger partial charge < -0.3 is 10.6 Å². The molecule has 0 spiro atoms. The molecule has 0 amide bonds. The molecule has 3 aromatic rings. The number of nitrogens with zero attached hydrogens (tertiary/aromatic N) is 2. The zero-order chi connectivity index (χ0) is 18.7. The van der Waals surface area contributed by atoms with E-state index < -0.39 is 0 Å². The number of benzene rings is 2. The van der Waals surface area contributed by atoms with Gasteiger partial charge in [-0.25, -0.2) is 4.39 Å². The van der Waals surface area contributed by atoms with Gasteiger partial charge in [0.25, 0.3) is 0 Å². The summed E-state index contributed by atoms with van der Waals surface area (Å²) in [5.41, 5.74) is 3.72. The Hall–Kier alpha value is -2.44. The molecule has 1 aromatic heterocycles. The first-order valence-electron chi connectivity index (χ1n) is 8.04. The Morgan fingerprint density at radius 1 is 1.19 bits per heavy atom. The van der Waals surface area contributed by atoms with Crippen LogP contribution in [0.1, 0.15) is 16.7 Å². The summed E-state index contributed by atoms with van der Waals surface area (Å²) >= 11 is 11.6. The highest BCUT2D eigenvalue weighted by atomic mass is 35.5. The number of rotatable bonds is 4. The van der Waals surface area contributed by atoms with Crippen LogP contribution in [0.4, 0.5) is 15.9 Å². The second kappa shape index (κ2) is 7.85. The number of aromatic nitrogens is 2. The van der Waals surface area contributed by atoms with E-state index >= 15 is 0 Å². The molecule has 0 fully saturated rings. The molecule has 7 heteroatoms. The van der Waals surface area contributed by atoms with Gasteiger partial charge in [-0.05, 0) is 43.8 Å². The van der Waals surface area contributed by atoms with Crippen molar-refractivity contribution in [3.05, 3.63) is 76.2 Å². The third-order valence-electron chi connectivity index (χ3n) is 3.87. The minimum atomic E-state index is -0.277. The van der Waals surface area contributed by atoms with E-state index in [0.29, 0.717) is 21.5 Å². The lowest BCUT2D eigenvalue weighted by Gasteiger charge is -2.12. The Morgan fingerprint density at radius 2 is 1.96 bits per heavy atom. The summed E-state index contributed by atoms with van der Waals surface area (Å²) in [5, 5.41) is 11.3. The second-order valence-electron chi connectivity index (χ2n) is 6.01. The number of hydrogen-bond acceptors (Lipinski definition) is 2. The van der Waals surface area contributed by atoms with E-state index in [4.69, 9.17) is 23.8 Å². The largest absolute Gasteiger partial charge is 0.332 e. The van der Waals surface area contributed by atoms with Crippen molar-refractivity contribution in [3.63, 3.8) is 0 Å². The zero-order valence-corrected chi connectivity index (χ0v) is 16.0. The fraction of sp³-hybridized carbons (Fsp3) is 0.158. The lowest BCUT2D eigenvalue weighted by Crippen LogP contribution is -2.20. The molecule has 3 rings (SSSR count). The maximum Gasteiger partial charge on any atom is 0.176 e. The molecule has 0 radical (unpaired) electrons. The van der Waals surface area contributed by atoms with Gasteiger partial charge in [-0.15, -0.1) is 0 Å². The number of hydrogen-bond donors (Lipinski definition) is 2. The van der Waals surface area contributed by atoms with E-state index in [1.165, 1.54) is 11.6 Å². The molecular formula is C19H18ClFN4S. The third-order valence-corrected chi connectivity index (χ3v) is 4.35. The molecule has 134 valence electrons. The number of thiocarbonyl (C=S) groups is 1. The smallest absolute Gasteiger partial charge is 0.176 e. The van der Waals surface area contributed by atoms with Gasteiger partial charge in [-0.3, -0.25) is 4.68 Å². The average Bonchev–Trinajstić information content (AvgIpc) is 2.92. The van der Waals surface area contributed by atoms with Crippen molar-refractivity contribution in [2.75, 3.05) is 10.6 Å². The molecule has 0 atom stereocenters. The molecule has 1 heterocycles. The van der Waals surface area contributed by atoms with Gasteiger partial charge >= 0.3 is 0 Å². The molecule has 0 saturated carbocycles. The highest BCUT2D eigenvalue weighted by molar-refractivity contribution is 7.80. The van der Waals surface area contributed by atoms with Gasteiger partial charge in [-0.1, -0.05) is 47.5 Å². The SMILES string of the molecule is Cc1ccc(NC(=S)Nc2nn(Cc3ccccc3F)cc2Cl)c(C)c1. The predicted molar refractivity (Wildman–Crippen MR) is 108 cm³/mol. The maximum atomic E-state index is 13.8. The highest BCUT2D eigenvalue weighted by Crippen LogP contribution is 2.22. The normalized spacial score (nSPS) is 10.6. The van der Waals surface area contributed by atoms with Crippen LogP contribution in [0, 0.1) is 19.7 Å². The van der Waals surface area contributed by atoms with Crippen LogP contribution in [0.2, 0.25) is 5.02 Å². The van der Waals surface area contributed by atoms with E-state index in [9.17, 15) is 4.39 Å². The molecule has 0 aliphatic carbocycles. The van der Waals surface area contributed by atoms with E-state index in [1.807, 2.05) is 26.0 Å². The Labute approximate surface area is 162 Å². The monoisotopic (exact) mass is 388 g/mol. The van der Waals surface area contributed by atoms with Gasteiger partial charge in [-0.2, -0.15) is 5.10 Å². The first kappa shape index (κ1) is 18.4. The number of anilines is 2. The topological polar surface area (TPSA) is 41.9 Å². The number of aryl methyl sites for hydroxylation is 2. The van der Waals surface area contributed by atoms with Gasteiger partial charge in [0.1, 0.15) is 10.8 Å². The Balaban J connectivity index is 1.69. The Bertz CT molecular complexity index is 954. The second-order valence-corrected chi connectivity index (χ2v) is 6.83. The van der Waals surface area contributed by atoms with Crippen LogP contribution < -0.4 is 10.6 Å². The van der Waals surface area contributed by atoms with Crippen LogP contribution in [0.25, 0.3) is 0 Å². The summed E-state index contributed by atoms with van der Waals surface area (Å²) in [6.07, 6.45) is 1.63. The van der Waals surface area contributed by atoms with Gasteiger partial charge in [0.2, 0.25) is 0 Å². The van der Waals surface area contributed by atoms with Crippen molar-refractivity contribution in [1.29, 1.82) is 0 Å². The molecule has 2 N–H and O–H groups in total. The van der Waals surface area contributed by atoms with Gasteiger partial charge in [0, 0.05) is 17.4 Å². The minimum Gasteiger partial charge on any atom is -0.332 e. The van der Waals surface area contributed by atoms with Crippen molar-refractivity contribution in [2.45, 2.75) is 20.4 Å². The van der Waals surface area contributed by atoms with Crippen molar-refractivity contribution < 1.29 is 4.39 Å². The maximum absolute atomic E-state index is 13.8. The quantitative estimate of drug-likeness (QED) is 0.606. The molecular weight excluding hydrogens is 371 g/mol. The molecule has 0 saturated heterocycles. The van der Waals surface area contributed by atoms with Crippen LogP contribution in [-0.4, -0.2) is 14.9 Å². The standard InChI is InChI=1S/C19H18ClFN4S/c1-12-7-8-17(13(2)9-12)22-19(26)23-18-15(20)11-25(24-18)10-14-5-3-4-6-16(14)21/h3-9,11H,10H2,1-2H3,(H2,22,23,24,26). The summed E-state index contributed by atoms with van der Waals surface area (Å²) < 4.78 is 15.4. The summed E-state index contributed by atoms with van der Waals surface area (Å²) in [6, 6.07) is 12.6. The van der Waals surface area contributed by atoms with E-state index in [2.05, 4.69) is 21.8 Å². The van der Waals surface area contributed by atoms with E-state index in [-0.39, 0.29) is 12.4 Å². The highest BCUT2D eigenvalue weighted by Gasteiger charge is 2.11. The van der Waals surface area contributed by atoms with Crippen LogP contribution in [0.15, 0.2) is 48.7 Å².